The Morgan fingerprint density at radius 2 is 2.15 bits per heavy atom. The standard InChI is InChI=1S/C10H19ClN2/c1-9(11)7-12-8-10-3-5-13(2)6-4-10/h10,12H,1,3-8H2,2H3. The van der Waals surface area contributed by atoms with Crippen molar-refractivity contribution in [1.29, 1.82) is 0 Å². The molecule has 1 aliphatic rings. The molecule has 0 aromatic carbocycles. The number of hydrogen-bond acceptors (Lipinski definition) is 2. The van der Waals surface area contributed by atoms with Crippen molar-refractivity contribution >= 4 is 11.6 Å². The van der Waals surface area contributed by atoms with Crippen molar-refractivity contribution in [3.05, 3.63) is 11.6 Å². The van der Waals surface area contributed by atoms with Crippen molar-refractivity contribution in [2.24, 2.45) is 5.92 Å². The van der Waals surface area contributed by atoms with Gasteiger partial charge in [0.05, 0.1) is 0 Å². The number of rotatable bonds is 4. The van der Waals surface area contributed by atoms with E-state index in [2.05, 4.69) is 23.8 Å². The molecule has 1 aliphatic heterocycles. The number of likely N-dealkylation sites (tertiary alicyclic amines) is 1. The molecule has 0 aliphatic carbocycles. The molecule has 13 heavy (non-hydrogen) atoms. The molecule has 2 nitrogen and oxygen atoms in total. The smallest absolute Gasteiger partial charge is 0.0307 e. The highest BCUT2D eigenvalue weighted by Crippen LogP contribution is 2.14. The molecule has 0 aromatic rings. The highest BCUT2D eigenvalue weighted by atomic mass is 35.5. The Hall–Kier alpha value is -0.0500. The summed E-state index contributed by atoms with van der Waals surface area (Å²) in [5, 5.41) is 4.02. The molecule has 76 valence electrons. The van der Waals surface area contributed by atoms with Gasteiger partial charge in [0.15, 0.2) is 0 Å². The van der Waals surface area contributed by atoms with Gasteiger partial charge in [-0.1, -0.05) is 18.2 Å². The summed E-state index contributed by atoms with van der Waals surface area (Å²) >= 11 is 5.65. The zero-order chi connectivity index (χ0) is 9.68. The van der Waals surface area contributed by atoms with Crippen molar-refractivity contribution in [3.63, 3.8) is 0 Å². The maximum Gasteiger partial charge on any atom is 0.0307 e. The Labute approximate surface area is 85.9 Å². The monoisotopic (exact) mass is 202 g/mol. The predicted molar refractivity (Wildman–Crippen MR) is 58.1 cm³/mol. The van der Waals surface area contributed by atoms with Crippen LogP contribution in [0.4, 0.5) is 0 Å². The van der Waals surface area contributed by atoms with E-state index in [1.54, 1.807) is 0 Å². The first-order chi connectivity index (χ1) is 6.18. The average molecular weight is 203 g/mol. The summed E-state index contributed by atoms with van der Waals surface area (Å²) in [5.74, 6) is 0.826. The summed E-state index contributed by atoms with van der Waals surface area (Å²) in [6, 6.07) is 0. The van der Waals surface area contributed by atoms with Crippen LogP contribution in [0.3, 0.4) is 0 Å². The highest BCUT2D eigenvalue weighted by molar-refractivity contribution is 6.29. The van der Waals surface area contributed by atoms with Crippen LogP contribution in [-0.2, 0) is 0 Å². The van der Waals surface area contributed by atoms with Crippen molar-refractivity contribution in [2.75, 3.05) is 33.2 Å². The average Bonchev–Trinajstić information content (AvgIpc) is 2.08. The van der Waals surface area contributed by atoms with Crippen LogP contribution in [0.2, 0.25) is 0 Å². The number of nitrogens with zero attached hydrogens (tertiary/aromatic N) is 1. The molecule has 1 fully saturated rings. The van der Waals surface area contributed by atoms with Crippen LogP contribution < -0.4 is 5.32 Å². The third kappa shape index (κ3) is 4.65. The van der Waals surface area contributed by atoms with Gasteiger partial charge in [-0.25, -0.2) is 0 Å². The lowest BCUT2D eigenvalue weighted by Gasteiger charge is -2.28. The van der Waals surface area contributed by atoms with E-state index in [1.807, 2.05) is 0 Å². The lowest BCUT2D eigenvalue weighted by atomic mass is 9.97. The van der Waals surface area contributed by atoms with Gasteiger partial charge < -0.3 is 10.2 Å². The number of piperidine rings is 1. The van der Waals surface area contributed by atoms with Gasteiger partial charge in [0.25, 0.3) is 0 Å². The molecule has 0 atom stereocenters. The van der Waals surface area contributed by atoms with Crippen LogP contribution in [0.1, 0.15) is 12.8 Å². The fraction of sp³-hybridized carbons (Fsp3) is 0.800. The van der Waals surface area contributed by atoms with E-state index >= 15 is 0 Å². The Morgan fingerprint density at radius 3 is 2.69 bits per heavy atom. The van der Waals surface area contributed by atoms with Gasteiger partial charge >= 0.3 is 0 Å². The molecule has 0 unspecified atom stereocenters. The summed E-state index contributed by atoms with van der Waals surface area (Å²) in [5.41, 5.74) is 0. The molecule has 0 saturated carbocycles. The van der Waals surface area contributed by atoms with Gasteiger partial charge in [-0.15, -0.1) is 0 Å². The SMILES string of the molecule is C=C(Cl)CNCC1CCN(C)CC1. The van der Waals surface area contributed by atoms with Gasteiger partial charge in [-0.05, 0) is 45.4 Å². The van der Waals surface area contributed by atoms with Gasteiger partial charge in [-0.2, -0.15) is 0 Å². The molecule has 0 spiro atoms. The first kappa shape index (κ1) is 11.0. The lowest BCUT2D eigenvalue weighted by molar-refractivity contribution is 0.217. The quantitative estimate of drug-likeness (QED) is 0.746. The van der Waals surface area contributed by atoms with Crippen LogP contribution in [0, 0.1) is 5.92 Å². The normalized spacial score (nSPS) is 20.5. The second-order valence-electron chi connectivity index (χ2n) is 3.89. The maximum absolute atomic E-state index is 5.65. The number of halogens is 1. The van der Waals surface area contributed by atoms with Gasteiger partial charge in [0.2, 0.25) is 0 Å². The minimum atomic E-state index is 0.702. The fourth-order valence-corrected chi connectivity index (χ4v) is 1.77. The molecule has 3 heteroatoms. The summed E-state index contributed by atoms with van der Waals surface area (Å²) in [7, 11) is 2.18. The Balaban J connectivity index is 2.05. The molecule has 1 rings (SSSR count). The first-order valence-corrected chi connectivity index (χ1v) is 5.29. The van der Waals surface area contributed by atoms with Crippen molar-refractivity contribution in [1.82, 2.24) is 10.2 Å². The molecular weight excluding hydrogens is 184 g/mol. The number of nitrogens with one attached hydrogen (secondary N) is 1. The third-order valence-corrected chi connectivity index (χ3v) is 2.72. The Morgan fingerprint density at radius 1 is 1.54 bits per heavy atom. The maximum atomic E-state index is 5.65. The molecule has 1 saturated heterocycles. The van der Waals surface area contributed by atoms with E-state index in [0.717, 1.165) is 19.0 Å². The van der Waals surface area contributed by atoms with Crippen molar-refractivity contribution in [2.45, 2.75) is 12.8 Å². The zero-order valence-corrected chi connectivity index (χ0v) is 9.11. The zero-order valence-electron chi connectivity index (χ0n) is 8.35. The second-order valence-corrected chi connectivity index (χ2v) is 4.43. The summed E-state index contributed by atoms with van der Waals surface area (Å²) < 4.78 is 0. The molecule has 1 heterocycles. The predicted octanol–water partition coefficient (Wildman–Crippen LogP) is 1.67. The molecule has 1 N–H and O–H groups in total. The second kappa shape index (κ2) is 5.63. The van der Waals surface area contributed by atoms with Gasteiger partial charge in [-0.3, -0.25) is 0 Å². The number of hydrogen-bond donors (Lipinski definition) is 1. The minimum Gasteiger partial charge on any atom is -0.312 e. The van der Waals surface area contributed by atoms with E-state index in [9.17, 15) is 0 Å². The third-order valence-electron chi connectivity index (χ3n) is 2.59. The molecule has 0 amide bonds. The lowest BCUT2D eigenvalue weighted by Crippen LogP contribution is -2.35. The van der Waals surface area contributed by atoms with E-state index in [-0.39, 0.29) is 0 Å². The molecule has 0 bridgehead atoms. The Bertz CT molecular complexity index is 162. The van der Waals surface area contributed by atoms with Crippen LogP contribution in [0.15, 0.2) is 11.6 Å². The molecular formula is C10H19ClN2. The first-order valence-electron chi connectivity index (χ1n) is 4.91. The fourth-order valence-electron chi connectivity index (χ4n) is 1.68. The van der Waals surface area contributed by atoms with Crippen LogP contribution in [-0.4, -0.2) is 38.1 Å². The molecule has 0 aromatic heterocycles. The van der Waals surface area contributed by atoms with Crippen LogP contribution >= 0.6 is 11.6 Å². The van der Waals surface area contributed by atoms with Crippen molar-refractivity contribution in [3.8, 4) is 0 Å². The van der Waals surface area contributed by atoms with Crippen molar-refractivity contribution < 1.29 is 0 Å². The van der Waals surface area contributed by atoms with Gasteiger partial charge in [0.1, 0.15) is 0 Å². The van der Waals surface area contributed by atoms with E-state index in [0.29, 0.717) is 5.03 Å². The summed E-state index contributed by atoms with van der Waals surface area (Å²) in [4.78, 5) is 2.39. The Kier molecular flexibility index (Phi) is 4.78. The summed E-state index contributed by atoms with van der Waals surface area (Å²) in [6.45, 7) is 7.93. The van der Waals surface area contributed by atoms with E-state index in [4.69, 9.17) is 11.6 Å². The topological polar surface area (TPSA) is 15.3 Å². The highest BCUT2D eigenvalue weighted by Gasteiger charge is 2.15. The summed E-state index contributed by atoms with van der Waals surface area (Å²) in [6.07, 6.45) is 2.61. The largest absolute Gasteiger partial charge is 0.312 e. The van der Waals surface area contributed by atoms with E-state index < -0.39 is 0 Å². The van der Waals surface area contributed by atoms with E-state index in [1.165, 1.54) is 25.9 Å². The molecule has 0 radical (unpaired) electrons. The minimum absolute atomic E-state index is 0.702. The van der Waals surface area contributed by atoms with Crippen LogP contribution in [0.5, 0.6) is 0 Å². The van der Waals surface area contributed by atoms with Crippen LogP contribution in [0.25, 0.3) is 0 Å². The van der Waals surface area contributed by atoms with Gasteiger partial charge in [0, 0.05) is 11.6 Å².